The molecule has 7 nitrogen and oxygen atoms in total. The Bertz CT molecular complexity index is 1100. The first-order valence-corrected chi connectivity index (χ1v) is 11.8. The van der Waals surface area contributed by atoms with E-state index >= 15 is 0 Å². The van der Waals surface area contributed by atoms with Gasteiger partial charge in [0.05, 0.1) is 23.3 Å². The number of ether oxygens (including phenoxy) is 1. The van der Waals surface area contributed by atoms with Crippen LogP contribution in [0.25, 0.3) is 22.2 Å². The quantitative estimate of drug-likeness (QED) is 0.352. The van der Waals surface area contributed by atoms with Gasteiger partial charge in [-0.05, 0) is 48.6 Å². The van der Waals surface area contributed by atoms with E-state index in [2.05, 4.69) is 31.0 Å². The van der Waals surface area contributed by atoms with Gasteiger partial charge < -0.3 is 9.26 Å². The first kappa shape index (κ1) is 19.7. The maximum atomic E-state index is 5.94. The number of hydrogen-bond acceptors (Lipinski definition) is 8. The van der Waals surface area contributed by atoms with Crippen LogP contribution in [-0.2, 0) is 17.0 Å². The summed E-state index contributed by atoms with van der Waals surface area (Å²) in [4.78, 5) is 5.59. The Morgan fingerprint density at radius 3 is 2.87 bits per heavy atom. The lowest BCUT2D eigenvalue weighted by Gasteiger charge is -2.13. The Labute approximate surface area is 186 Å². The molecule has 30 heavy (non-hydrogen) atoms. The molecule has 4 heterocycles. The predicted molar refractivity (Wildman–Crippen MR) is 117 cm³/mol. The van der Waals surface area contributed by atoms with Gasteiger partial charge in [-0.25, -0.2) is 0 Å². The smallest absolute Gasteiger partial charge is 0.257 e. The average Bonchev–Trinajstić information content (AvgIpc) is 3.55. The standard InChI is InChI=1S/C20H18ClN5O2S2/c21-14-7-5-13(6-8-14)19-22-17(25-28-19)12-30-20-24-23-18(16-4-2-10-29-16)26(20)11-15-3-1-9-27-15/h2,4-8,10,15H,1,3,9,11-12H2. The first-order valence-electron chi connectivity index (χ1n) is 9.56. The minimum absolute atomic E-state index is 0.195. The number of thioether (sulfide) groups is 1. The molecule has 0 aliphatic carbocycles. The van der Waals surface area contributed by atoms with Gasteiger partial charge in [-0.1, -0.05) is 34.6 Å². The fourth-order valence-corrected chi connectivity index (χ4v) is 4.93. The Hall–Kier alpha value is -2.20. The number of rotatable bonds is 7. The van der Waals surface area contributed by atoms with Gasteiger partial charge in [-0.2, -0.15) is 4.98 Å². The van der Waals surface area contributed by atoms with Crippen LogP contribution in [0.2, 0.25) is 5.02 Å². The van der Waals surface area contributed by atoms with Crippen molar-refractivity contribution in [1.29, 1.82) is 0 Å². The van der Waals surface area contributed by atoms with Crippen LogP contribution in [0.4, 0.5) is 0 Å². The van der Waals surface area contributed by atoms with Crippen molar-refractivity contribution in [3.05, 3.63) is 52.6 Å². The van der Waals surface area contributed by atoms with E-state index in [9.17, 15) is 0 Å². The van der Waals surface area contributed by atoms with Gasteiger partial charge in [0.2, 0.25) is 0 Å². The third-order valence-electron chi connectivity index (χ3n) is 4.76. The molecule has 10 heteroatoms. The lowest BCUT2D eigenvalue weighted by atomic mass is 10.2. The maximum absolute atomic E-state index is 5.94. The topological polar surface area (TPSA) is 78.9 Å². The molecule has 1 unspecified atom stereocenters. The average molecular weight is 460 g/mol. The molecular formula is C20H18ClN5O2S2. The van der Waals surface area contributed by atoms with Crippen molar-refractivity contribution in [3.63, 3.8) is 0 Å². The summed E-state index contributed by atoms with van der Waals surface area (Å²) in [6.07, 6.45) is 2.35. The van der Waals surface area contributed by atoms with E-state index in [1.807, 2.05) is 23.6 Å². The predicted octanol–water partition coefficient (Wildman–Crippen LogP) is 5.18. The number of halogens is 1. The van der Waals surface area contributed by atoms with Crippen LogP contribution in [-0.4, -0.2) is 37.6 Å². The lowest BCUT2D eigenvalue weighted by Crippen LogP contribution is -2.16. The SMILES string of the molecule is Clc1ccc(-c2nc(CSc3nnc(-c4cccs4)n3CC3CCCO3)no2)cc1. The third kappa shape index (κ3) is 4.29. The van der Waals surface area contributed by atoms with Crippen LogP contribution in [0.1, 0.15) is 18.7 Å². The lowest BCUT2D eigenvalue weighted by molar-refractivity contribution is 0.0953. The van der Waals surface area contributed by atoms with Crippen LogP contribution in [0, 0.1) is 0 Å². The molecule has 1 aromatic carbocycles. The summed E-state index contributed by atoms with van der Waals surface area (Å²) in [5, 5.41) is 16.5. The summed E-state index contributed by atoms with van der Waals surface area (Å²) in [5.41, 5.74) is 0.838. The second-order valence-corrected chi connectivity index (χ2v) is 9.17. The summed E-state index contributed by atoms with van der Waals surface area (Å²) in [6, 6.07) is 11.4. The molecular weight excluding hydrogens is 442 g/mol. The van der Waals surface area contributed by atoms with Gasteiger partial charge in [-0.15, -0.1) is 21.5 Å². The van der Waals surface area contributed by atoms with Gasteiger partial charge >= 0.3 is 0 Å². The number of benzene rings is 1. The first-order chi connectivity index (χ1) is 14.8. The zero-order valence-electron chi connectivity index (χ0n) is 15.9. The molecule has 1 aliphatic rings. The Morgan fingerprint density at radius 2 is 2.10 bits per heavy atom. The summed E-state index contributed by atoms with van der Waals surface area (Å²) >= 11 is 9.14. The number of aromatic nitrogens is 5. The fourth-order valence-electron chi connectivity index (χ4n) is 3.29. The van der Waals surface area contributed by atoms with E-state index in [0.717, 1.165) is 47.4 Å². The van der Waals surface area contributed by atoms with Crippen LogP contribution >= 0.6 is 34.7 Å². The molecule has 0 radical (unpaired) electrons. The van der Waals surface area contributed by atoms with Crippen LogP contribution in [0.3, 0.4) is 0 Å². The van der Waals surface area contributed by atoms with Crippen LogP contribution in [0.5, 0.6) is 0 Å². The second kappa shape index (κ2) is 8.89. The molecule has 0 N–H and O–H groups in total. The molecule has 3 aromatic heterocycles. The molecule has 4 aromatic rings. The minimum Gasteiger partial charge on any atom is -0.376 e. The number of hydrogen-bond donors (Lipinski definition) is 0. The largest absolute Gasteiger partial charge is 0.376 e. The monoisotopic (exact) mass is 459 g/mol. The zero-order valence-corrected chi connectivity index (χ0v) is 18.3. The van der Waals surface area contributed by atoms with Gasteiger partial charge in [-0.3, -0.25) is 4.57 Å². The van der Waals surface area contributed by atoms with Gasteiger partial charge in [0.1, 0.15) is 0 Å². The van der Waals surface area contributed by atoms with Gasteiger partial charge in [0, 0.05) is 17.2 Å². The van der Waals surface area contributed by atoms with E-state index in [4.69, 9.17) is 20.9 Å². The Kier molecular flexibility index (Phi) is 5.85. The molecule has 0 spiro atoms. The molecule has 1 fully saturated rings. The highest BCUT2D eigenvalue weighted by atomic mass is 35.5. The van der Waals surface area contributed by atoms with Crippen molar-refractivity contribution in [2.45, 2.75) is 36.4 Å². The third-order valence-corrected chi connectivity index (χ3v) is 6.84. The van der Waals surface area contributed by atoms with E-state index in [-0.39, 0.29) is 6.10 Å². The summed E-state index contributed by atoms with van der Waals surface area (Å²) in [7, 11) is 0. The van der Waals surface area contributed by atoms with Crippen molar-refractivity contribution in [3.8, 4) is 22.2 Å². The molecule has 1 aliphatic heterocycles. The molecule has 0 bridgehead atoms. The molecule has 0 amide bonds. The fraction of sp³-hybridized carbons (Fsp3) is 0.300. The molecule has 154 valence electrons. The highest BCUT2D eigenvalue weighted by Gasteiger charge is 2.22. The van der Waals surface area contributed by atoms with Crippen molar-refractivity contribution in [2.24, 2.45) is 0 Å². The summed E-state index contributed by atoms with van der Waals surface area (Å²) in [5.74, 6) is 2.49. The van der Waals surface area contributed by atoms with E-state index in [1.54, 1.807) is 35.2 Å². The summed E-state index contributed by atoms with van der Waals surface area (Å²) in [6.45, 7) is 1.56. The van der Waals surface area contributed by atoms with Crippen molar-refractivity contribution < 1.29 is 9.26 Å². The Balaban J connectivity index is 1.34. The second-order valence-electron chi connectivity index (χ2n) is 6.84. The van der Waals surface area contributed by atoms with Gasteiger partial charge in [0.25, 0.3) is 5.89 Å². The van der Waals surface area contributed by atoms with Crippen LogP contribution < -0.4 is 0 Å². The number of nitrogens with zero attached hydrogens (tertiary/aromatic N) is 5. The van der Waals surface area contributed by atoms with Crippen LogP contribution in [0.15, 0.2) is 51.5 Å². The molecule has 1 atom stereocenters. The van der Waals surface area contributed by atoms with Crippen molar-refractivity contribution in [1.82, 2.24) is 24.9 Å². The normalized spacial score (nSPS) is 16.4. The Morgan fingerprint density at radius 1 is 1.20 bits per heavy atom. The van der Waals surface area contributed by atoms with E-state index in [1.165, 1.54) is 0 Å². The van der Waals surface area contributed by atoms with E-state index < -0.39 is 0 Å². The zero-order chi connectivity index (χ0) is 20.3. The molecule has 5 rings (SSSR count). The van der Waals surface area contributed by atoms with Gasteiger partial charge in [0.15, 0.2) is 16.8 Å². The number of thiophene rings is 1. The maximum Gasteiger partial charge on any atom is 0.257 e. The molecule has 0 saturated carbocycles. The highest BCUT2D eigenvalue weighted by molar-refractivity contribution is 7.98. The molecule has 1 saturated heterocycles. The summed E-state index contributed by atoms with van der Waals surface area (Å²) < 4.78 is 13.4. The van der Waals surface area contributed by atoms with Crippen molar-refractivity contribution >= 4 is 34.7 Å². The highest BCUT2D eigenvalue weighted by Crippen LogP contribution is 2.30. The van der Waals surface area contributed by atoms with E-state index in [0.29, 0.717) is 22.5 Å². The van der Waals surface area contributed by atoms with Crippen molar-refractivity contribution in [2.75, 3.05) is 6.61 Å². The minimum atomic E-state index is 0.195.